The molecule has 0 spiro atoms. The predicted octanol–water partition coefficient (Wildman–Crippen LogP) is 4.45. The summed E-state index contributed by atoms with van der Waals surface area (Å²) in [4.78, 5) is 8.05. The van der Waals surface area contributed by atoms with Crippen LogP contribution in [-0.4, -0.2) is 35.3 Å². The van der Waals surface area contributed by atoms with Crippen molar-refractivity contribution in [3.05, 3.63) is 65.2 Å². The Morgan fingerprint density at radius 1 is 1.16 bits per heavy atom. The van der Waals surface area contributed by atoms with Crippen LogP contribution in [0.5, 0.6) is 11.5 Å². The SMILES string of the molecule is Cc1ccc2c3c(ccc2n1)OC[C@H](CN[C@H]1CCc2[nH]c4ccc(F)cc4c2C1)O3. The van der Waals surface area contributed by atoms with E-state index in [1.54, 1.807) is 6.07 Å². The molecule has 2 aliphatic rings. The van der Waals surface area contributed by atoms with Crippen LogP contribution in [0.2, 0.25) is 0 Å². The zero-order valence-corrected chi connectivity index (χ0v) is 17.4. The molecule has 0 bridgehead atoms. The minimum atomic E-state index is -0.187. The van der Waals surface area contributed by atoms with Crippen LogP contribution in [0.4, 0.5) is 4.39 Å². The van der Waals surface area contributed by atoms with Crippen LogP contribution < -0.4 is 14.8 Å². The molecule has 158 valence electrons. The van der Waals surface area contributed by atoms with Gasteiger partial charge in [0, 0.05) is 40.3 Å². The number of hydrogen-bond donors (Lipinski definition) is 2. The molecule has 6 rings (SSSR count). The largest absolute Gasteiger partial charge is 0.486 e. The van der Waals surface area contributed by atoms with Crippen molar-refractivity contribution in [1.29, 1.82) is 0 Å². The summed E-state index contributed by atoms with van der Waals surface area (Å²) in [6.45, 7) is 3.20. The predicted molar refractivity (Wildman–Crippen MR) is 118 cm³/mol. The molecule has 1 aliphatic heterocycles. The number of rotatable bonds is 3. The molecule has 2 aromatic carbocycles. The van der Waals surface area contributed by atoms with Gasteiger partial charge >= 0.3 is 0 Å². The smallest absolute Gasteiger partial charge is 0.171 e. The van der Waals surface area contributed by atoms with E-state index in [1.807, 2.05) is 31.2 Å². The third-order valence-electron chi connectivity index (χ3n) is 6.42. The van der Waals surface area contributed by atoms with Gasteiger partial charge in [-0.2, -0.15) is 0 Å². The van der Waals surface area contributed by atoms with Crippen molar-refractivity contribution in [3.63, 3.8) is 0 Å². The molecular weight excluding hydrogens is 393 g/mol. The van der Waals surface area contributed by atoms with Gasteiger partial charge in [0.1, 0.15) is 18.5 Å². The molecule has 5 nitrogen and oxygen atoms in total. The van der Waals surface area contributed by atoms with Gasteiger partial charge in [0.05, 0.1) is 5.52 Å². The number of nitrogens with zero attached hydrogens (tertiary/aromatic N) is 1. The average molecular weight is 417 g/mol. The van der Waals surface area contributed by atoms with Crippen LogP contribution in [-0.2, 0) is 12.8 Å². The summed E-state index contributed by atoms with van der Waals surface area (Å²) in [5.74, 6) is 1.37. The fraction of sp³-hybridized carbons (Fsp3) is 0.320. The Bertz CT molecular complexity index is 1300. The van der Waals surface area contributed by atoms with E-state index in [-0.39, 0.29) is 11.9 Å². The van der Waals surface area contributed by atoms with E-state index in [9.17, 15) is 4.39 Å². The van der Waals surface area contributed by atoms with Crippen molar-refractivity contribution in [3.8, 4) is 11.5 Å². The second-order valence-electron chi connectivity index (χ2n) is 8.58. The lowest BCUT2D eigenvalue weighted by Crippen LogP contribution is -2.44. The summed E-state index contributed by atoms with van der Waals surface area (Å²) in [6, 6.07) is 13.3. The van der Waals surface area contributed by atoms with Crippen LogP contribution >= 0.6 is 0 Å². The first kappa shape index (κ1) is 18.6. The standard InChI is InChI=1S/C25H24FN3O2/c1-14-2-5-18-21(28-14)8-9-24-25(18)31-17(13-30-24)12-27-16-4-7-23-20(11-16)19-10-15(26)3-6-22(19)29-23/h2-3,5-6,8-10,16-17,27,29H,4,7,11-13H2,1H3/t16-,17-/m0/s1. The fourth-order valence-corrected chi connectivity index (χ4v) is 4.84. The molecule has 2 N–H and O–H groups in total. The van der Waals surface area contributed by atoms with Crippen LogP contribution in [0.15, 0.2) is 42.5 Å². The number of aromatic nitrogens is 2. The van der Waals surface area contributed by atoms with E-state index < -0.39 is 0 Å². The van der Waals surface area contributed by atoms with E-state index in [0.717, 1.165) is 58.3 Å². The van der Waals surface area contributed by atoms with Gasteiger partial charge in [0.2, 0.25) is 0 Å². The number of benzene rings is 2. The highest BCUT2D eigenvalue weighted by Crippen LogP contribution is 2.38. The van der Waals surface area contributed by atoms with Gasteiger partial charge in [-0.25, -0.2) is 4.39 Å². The lowest BCUT2D eigenvalue weighted by Gasteiger charge is -2.30. The number of fused-ring (bicyclic) bond motifs is 6. The number of aryl methyl sites for hydroxylation is 2. The van der Waals surface area contributed by atoms with Crippen LogP contribution in [0.3, 0.4) is 0 Å². The van der Waals surface area contributed by atoms with Gasteiger partial charge in [-0.3, -0.25) is 4.98 Å². The highest BCUT2D eigenvalue weighted by molar-refractivity contribution is 5.88. The maximum atomic E-state index is 13.8. The normalized spacial score (nSPS) is 20.2. The minimum Gasteiger partial charge on any atom is -0.486 e. The molecule has 6 heteroatoms. The molecule has 0 amide bonds. The Morgan fingerprint density at radius 2 is 2.10 bits per heavy atom. The second-order valence-corrected chi connectivity index (χ2v) is 8.58. The number of H-pyrrole nitrogens is 1. The number of nitrogens with one attached hydrogen (secondary N) is 2. The van der Waals surface area contributed by atoms with E-state index in [1.165, 1.54) is 17.3 Å². The van der Waals surface area contributed by atoms with Gasteiger partial charge in [-0.1, -0.05) is 0 Å². The monoisotopic (exact) mass is 417 g/mol. The number of hydrogen-bond acceptors (Lipinski definition) is 4. The van der Waals surface area contributed by atoms with Gasteiger partial charge in [0.25, 0.3) is 0 Å². The molecule has 4 aromatic rings. The first-order valence-corrected chi connectivity index (χ1v) is 10.9. The van der Waals surface area contributed by atoms with Crippen molar-refractivity contribution in [1.82, 2.24) is 15.3 Å². The first-order valence-electron chi connectivity index (χ1n) is 10.9. The van der Waals surface area contributed by atoms with E-state index in [4.69, 9.17) is 9.47 Å². The number of halogens is 1. The summed E-state index contributed by atoms with van der Waals surface area (Å²) in [6.07, 6.45) is 2.82. The summed E-state index contributed by atoms with van der Waals surface area (Å²) in [7, 11) is 0. The molecule has 0 saturated carbocycles. The Morgan fingerprint density at radius 3 is 3.03 bits per heavy atom. The van der Waals surface area contributed by atoms with Gasteiger partial charge in [-0.05, 0) is 74.2 Å². The molecule has 2 aromatic heterocycles. The first-order chi connectivity index (χ1) is 15.1. The van der Waals surface area contributed by atoms with E-state index in [2.05, 4.69) is 21.4 Å². The maximum Gasteiger partial charge on any atom is 0.171 e. The lowest BCUT2D eigenvalue weighted by molar-refractivity contribution is 0.0897. The van der Waals surface area contributed by atoms with Crippen molar-refractivity contribution in [2.24, 2.45) is 0 Å². The zero-order valence-electron chi connectivity index (χ0n) is 17.4. The van der Waals surface area contributed by atoms with Crippen molar-refractivity contribution >= 4 is 21.8 Å². The maximum absolute atomic E-state index is 13.8. The highest BCUT2D eigenvalue weighted by atomic mass is 19.1. The molecule has 2 atom stereocenters. The second kappa shape index (κ2) is 7.24. The van der Waals surface area contributed by atoms with E-state index in [0.29, 0.717) is 19.2 Å². The molecule has 31 heavy (non-hydrogen) atoms. The van der Waals surface area contributed by atoms with Gasteiger partial charge in [0.15, 0.2) is 11.5 Å². The Balaban J connectivity index is 1.17. The quantitative estimate of drug-likeness (QED) is 0.517. The summed E-state index contributed by atoms with van der Waals surface area (Å²) < 4.78 is 26.1. The van der Waals surface area contributed by atoms with Crippen LogP contribution in [0.25, 0.3) is 21.8 Å². The Kier molecular flexibility index (Phi) is 4.35. The van der Waals surface area contributed by atoms with Crippen molar-refractivity contribution in [2.75, 3.05) is 13.2 Å². The fourth-order valence-electron chi connectivity index (χ4n) is 4.84. The number of ether oxygens (including phenoxy) is 2. The summed E-state index contributed by atoms with van der Waals surface area (Å²) in [5.41, 5.74) is 5.39. The van der Waals surface area contributed by atoms with Crippen LogP contribution in [0, 0.1) is 12.7 Å². The van der Waals surface area contributed by atoms with Crippen LogP contribution in [0.1, 0.15) is 23.4 Å². The van der Waals surface area contributed by atoms with E-state index >= 15 is 0 Å². The molecular formula is C25H24FN3O2. The molecule has 1 aliphatic carbocycles. The lowest BCUT2D eigenvalue weighted by atomic mass is 9.91. The van der Waals surface area contributed by atoms with Gasteiger partial charge < -0.3 is 19.8 Å². The third kappa shape index (κ3) is 3.31. The number of aromatic amines is 1. The van der Waals surface area contributed by atoms with Crippen molar-refractivity contribution in [2.45, 2.75) is 38.3 Å². The molecule has 0 unspecified atom stereocenters. The Labute approximate surface area is 179 Å². The average Bonchev–Trinajstić information content (AvgIpc) is 3.14. The molecule has 3 heterocycles. The molecule has 0 fully saturated rings. The summed E-state index contributed by atoms with van der Waals surface area (Å²) in [5, 5.41) is 5.65. The molecule has 0 saturated heterocycles. The number of pyridine rings is 1. The molecule has 0 radical (unpaired) electrons. The van der Waals surface area contributed by atoms with Gasteiger partial charge in [-0.15, -0.1) is 0 Å². The minimum absolute atomic E-state index is 0.0683. The topological polar surface area (TPSA) is 59.2 Å². The summed E-state index contributed by atoms with van der Waals surface area (Å²) >= 11 is 0. The van der Waals surface area contributed by atoms with Crippen molar-refractivity contribution < 1.29 is 13.9 Å². The zero-order chi connectivity index (χ0) is 20.9. The third-order valence-corrected chi connectivity index (χ3v) is 6.42. The Hall–Kier alpha value is -3.12. The highest BCUT2D eigenvalue weighted by Gasteiger charge is 2.26.